The molecule has 0 aromatic rings. The van der Waals surface area contributed by atoms with Crippen molar-refractivity contribution in [3.63, 3.8) is 0 Å². The lowest BCUT2D eigenvalue weighted by Gasteiger charge is -2.16. The molecule has 0 saturated carbocycles. The van der Waals surface area contributed by atoms with Crippen molar-refractivity contribution in [2.24, 2.45) is 0 Å². The molecule has 1 N–H and O–H groups in total. The molecule has 0 aromatic heterocycles. The number of rotatable bonds is 9. The first-order chi connectivity index (χ1) is 10.4. The zero-order valence-electron chi connectivity index (χ0n) is 14.5. The van der Waals surface area contributed by atoms with Gasteiger partial charge in [0.1, 0.15) is 11.6 Å². The van der Waals surface area contributed by atoms with Gasteiger partial charge in [-0.15, -0.1) is 0 Å². The number of nitrogens with zero attached hydrogens (tertiary/aromatic N) is 1. The topological polar surface area (TPSA) is 83.6 Å². The Morgan fingerprint density at radius 1 is 0.682 bits per heavy atom. The Labute approximate surface area is 133 Å². The average Bonchev–Trinajstić information content (AvgIpc) is 2.54. The van der Waals surface area contributed by atoms with Gasteiger partial charge in [-0.1, -0.05) is 27.7 Å². The van der Waals surface area contributed by atoms with Gasteiger partial charge in [-0.25, -0.2) is 0 Å². The van der Waals surface area contributed by atoms with E-state index >= 15 is 0 Å². The van der Waals surface area contributed by atoms with Crippen LogP contribution in [0.4, 0.5) is 0 Å². The van der Waals surface area contributed by atoms with Gasteiger partial charge in [0, 0.05) is 32.2 Å². The van der Waals surface area contributed by atoms with E-state index < -0.39 is 0 Å². The second-order valence-electron chi connectivity index (χ2n) is 4.63. The highest BCUT2D eigenvalue weighted by Gasteiger charge is 2.14. The van der Waals surface area contributed by atoms with E-state index in [9.17, 15) is 19.2 Å². The Bertz CT molecular complexity index is 335. The molecular formula is C16H30N2O4. The summed E-state index contributed by atoms with van der Waals surface area (Å²) >= 11 is 0. The lowest BCUT2D eigenvalue weighted by atomic mass is 10.3. The average molecular weight is 314 g/mol. The number of imide groups is 1. The van der Waals surface area contributed by atoms with Gasteiger partial charge in [-0.2, -0.15) is 0 Å². The van der Waals surface area contributed by atoms with E-state index in [1.165, 1.54) is 4.90 Å². The van der Waals surface area contributed by atoms with Crippen molar-refractivity contribution in [2.45, 2.75) is 60.3 Å². The number of carbonyl (C=O) groups excluding carboxylic acids is 4. The van der Waals surface area contributed by atoms with Crippen LogP contribution in [0, 0.1) is 0 Å². The molecule has 0 saturated heterocycles. The molecule has 6 nitrogen and oxygen atoms in total. The number of hydrogen-bond acceptors (Lipinski definition) is 5. The van der Waals surface area contributed by atoms with Gasteiger partial charge in [0.2, 0.25) is 11.8 Å². The number of Topliss-reactive ketones (excluding diaryl/α,β-unsaturated/α-hetero) is 2. The Balaban J connectivity index is 0. The molecule has 0 aromatic carbocycles. The van der Waals surface area contributed by atoms with E-state index in [-0.39, 0.29) is 23.4 Å². The molecule has 0 aliphatic heterocycles. The summed E-state index contributed by atoms with van der Waals surface area (Å²) in [5.41, 5.74) is 0. The zero-order chi connectivity index (χ0) is 17.5. The Hall–Kier alpha value is -1.56. The summed E-state index contributed by atoms with van der Waals surface area (Å²) < 4.78 is 0. The van der Waals surface area contributed by atoms with Crippen LogP contribution in [0.15, 0.2) is 0 Å². The fourth-order valence-electron chi connectivity index (χ4n) is 1.46. The van der Waals surface area contributed by atoms with E-state index in [0.29, 0.717) is 45.3 Å². The monoisotopic (exact) mass is 314 g/mol. The number of hydrogen-bond donors (Lipinski definition) is 1. The first kappa shape index (κ1) is 22.7. The molecule has 0 spiro atoms. The van der Waals surface area contributed by atoms with Crippen molar-refractivity contribution in [1.29, 1.82) is 0 Å². The van der Waals surface area contributed by atoms with Crippen LogP contribution in [0.25, 0.3) is 0 Å². The van der Waals surface area contributed by atoms with E-state index in [1.54, 1.807) is 20.8 Å². The second-order valence-corrected chi connectivity index (χ2v) is 4.63. The van der Waals surface area contributed by atoms with Crippen molar-refractivity contribution in [3.8, 4) is 0 Å². The number of nitrogens with one attached hydrogen (secondary N) is 1. The summed E-state index contributed by atoms with van der Waals surface area (Å²) in [5, 5.41) is 2.79. The van der Waals surface area contributed by atoms with Gasteiger partial charge in [-0.05, 0) is 6.92 Å². The van der Waals surface area contributed by atoms with Crippen molar-refractivity contribution in [1.82, 2.24) is 10.2 Å². The van der Waals surface area contributed by atoms with E-state index in [2.05, 4.69) is 5.32 Å². The molecule has 0 atom stereocenters. The summed E-state index contributed by atoms with van der Waals surface area (Å²) in [6.45, 7) is 10.1. The minimum atomic E-state index is -0.0839. The lowest BCUT2D eigenvalue weighted by molar-refractivity contribution is -0.144. The van der Waals surface area contributed by atoms with Gasteiger partial charge in [0.05, 0.1) is 13.1 Å². The molecule has 0 heterocycles. The maximum atomic E-state index is 11.0. The first-order valence-corrected chi connectivity index (χ1v) is 7.94. The second kappa shape index (κ2) is 14.4. The minimum Gasteiger partial charge on any atom is -0.303 e. The Morgan fingerprint density at radius 3 is 1.27 bits per heavy atom. The molecule has 0 aliphatic carbocycles. The van der Waals surface area contributed by atoms with E-state index in [4.69, 9.17) is 0 Å². The summed E-state index contributed by atoms with van der Waals surface area (Å²) in [6, 6.07) is 0. The van der Waals surface area contributed by atoms with Crippen LogP contribution in [0.5, 0.6) is 0 Å². The van der Waals surface area contributed by atoms with Gasteiger partial charge in [-0.3, -0.25) is 24.1 Å². The van der Waals surface area contributed by atoms with Gasteiger partial charge < -0.3 is 5.32 Å². The van der Waals surface area contributed by atoms with Crippen LogP contribution >= 0.6 is 0 Å². The number of ketones is 2. The highest BCUT2D eigenvalue weighted by atomic mass is 16.2. The largest absolute Gasteiger partial charge is 0.303 e. The molecule has 6 heteroatoms. The summed E-state index contributed by atoms with van der Waals surface area (Å²) in [5.74, 6) is 0.126. The molecule has 22 heavy (non-hydrogen) atoms. The van der Waals surface area contributed by atoms with E-state index in [0.717, 1.165) is 0 Å². The minimum absolute atomic E-state index is 0.0839. The predicted octanol–water partition coefficient (Wildman–Crippen LogP) is 1.72. The summed E-state index contributed by atoms with van der Waals surface area (Å²) in [4.78, 5) is 44.8. The summed E-state index contributed by atoms with van der Waals surface area (Å²) in [7, 11) is 0. The molecule has 0 unspecified atom stereocenters. The third-order valence-corrected chi connectivity index (χ3v) is 2.96. The zero-order valence-corrected chi connectivity index (χ0v) is 14.5. The molecule has 0 radical (unpaired) electrons. The van der Waals surface area contributed by atoms with Crippen LogP contribution in [0.1, 0.15) is 60.3 Å². The van der Waals surface area contributed by atoms with Crippen molar-refractivity contribution < 1.29 is 19.2 Å². The predicted molar refractivity (Wildman–Crippen MR) is 86.4 cm³/mol. The van der Waals surface area contributed by atoms with Gasteiger partial charge in [0.15, 0.2) is 0 Å². The molecule has 0 bridgehead atoms. The van der Waals surface area contributed by atoms with Crippen molar-refractivity contribution in [3.05, 3.63) is 0 Å². The quantitative estimate of drug-likeness (QED) is 0.700. The fourth-order valence-corrected chi connectivity index (χ4v) is 1.46. The third-order valence-electron chi connectivity index (χ3n) is 2.96. The Morgan fingerprint density at radius 2 is 1.05 bits per heavy atom. The maximum Gasteiger partial charge on any atom is 0.228 e. The fraction of sp³-hybridized carbons (Fsp3) is 0.750. The van der Waals surface area contributed by atoms with Crippen LogP contribution < -0.4 is 5.32 Å². The van der Waals surface area contributed by atoms with E-state index in [1.807, 2.05) is 13.8 Å². The highest BCUT2D eigenvalue weighted by Crippen LogP contribution is 1.96. The number of amides is 2. The van der Waals surface area contributed by atoms with Crippen LogP contribution in [-0.4, -0.2) is 47.9 Å². The summed E-state index contributed by atoms with van der Waals surface area (Å²) in [6.07, 6.45) is 1.87. The van der Waals surface area contributed by atoms with Crippen molar-refractivity contribution >= 4 is 23.4 Å². The molecule has 2 amide bonds. The number of carbonyl (C=O) groups is 4. The van der Waals surface area contributed by atoms with Gasteiger partial charge in [0.25, 0.3) is 0 Å². The molecule has 0 rings (SSSR count). The van der Waals surface area contributed by atoms with Gasteiger partial charge >= 0.3 is 0 Å². The Kier molecular flexibility index (Phi) is 14.8. The van der Waals surface area contributed by atoms with Crippen LogP contribution in [0.3, 0.4) is 0 Å². The molecule has 0 fully saturated rings. The first-order valence-electron chi connectivity index (χ1n) is 7.94. The van der Waals surface area contributed by atoms with Crippen LogP contribution in [-0.2, 0) is 19.2 Å². The van der Waals surface area contributed by atoms with Crippen LogP contribution in [0.2, 0.25) is 0 Å². The maximum absolute atomic E-state index is 11.0. The molecule has 0 aliphatic rings. The highest BCUT2D eigenvalue weighted by molar-refractivity contribution is 5.94. The third kappa shape index (κ3) is 11.1. The molecular weight excluding hydrogens is 284 g/mol. The standard InChI is InChI=1S/2C8H15NO2/c1-4-7(10)9(6-3)8(11)5-2;1-3-7(10)5-9-6-8(11)4-2/h4-6H2,1-3H3;9H,3-6H2,1-2H3. The lowest BCUT2D eigenvalue weighted by Crippen LogP contribution is -2.35. The SMILES string of the molecule is CCC(=O)CNCC(=O)CC.CCC(=O)N(CC)C(=O)CC. The smallest absolute Gasteiger partial charge is 0.228 e. The normalized spacial score (nSPS) is 9.50. The molecule has 128 valence electrons. The van der Waals surface area contributed by atoms with Crippen molar-refractivity contribution in [2.75, 3.05) is 19.6 Å².